The molecule has 2 fully saturated rings. The fraction of sp³-hybridized carbons (Fsp3) is 0.593. The van der Waals surface area contributed by atoms with Crippen molar-refractivity contribution in [2.24, 2.45) is 11.8 Å². The van der Waals surface area contributed by atoms with Gasteiger partial charge in [-0.1, -0.05) is 68.9 Å². The van der Waals surface area contributed by atoms with Crippen molar-refractivity contribution < 1.29 is 0 Å². The predicted octanol–water partition coefficient (Wildman–Crippen LogP) is 6.34. The van der Waals surface area contributed by atoms with Crippen LogP contribution >= 0.6 is 0 Å². The van der Waals surface area contributed by atoms with E-state index in [1.54, 1.807) is 0 Å². The minimum absolute atomic E-state index is 0.581. The molecule has 2 N–H and O–H groups in total. The molecule has 162 valence electrons. The fourth-order valence-electron chi connectivity index (χ4n) is 5.47. The maximum absolute atomic E-state index is 5.84. The first-order valence-corrected chi connectivity index (χ1v) is 12.3. The summed E-state index contributed by atoms with van der Waals surface area (Å²) < 4.78 is 0. The van der Waals surface area contributed by atoms with E-state index in [4.69, 9.17) is 5.73 Å². The van der Waals surface area contributed by atoms with Crippen molar-refractivity contribution in [1.82, 2.24) is 9.88 Å². The molecule has 3 nitrogen and oxygen atoms in total. The Bertz CT molecular complexity index is 738. The highest BCUT2D eigenvalue weighted by Gasteiger charge is 2.21. The van der Waals surface area contributed by atoms with Gasteiger partial charge in [0, 0.05) is 25.2 Å². The number of pyridine rings is 1. The van der Waals surface area contributed by atoms with Crippen LogP contribution in [0.1, 0.15) is 69.8 Å². The van der Waals surface area contributed by atoms with Crippen molar-refractivity contribution in [2.45, 2.75) is 70.6 Å². The Labute approximate surface area is 183 Å². The van der Waals surface area contributed by atoms with Crippen LogP contribution in [0.4, 0.5) is 5.82 Å². The van der Waals surface area contributed by atoms with Gasteiger partial charge in [0.2, 0.25) is 0 Å². The van der Waals surface area contributed by atoms with Gasteiger partial charge in [-0.25, -0.2) is 4.98 Å². The van der Waals surface area contributed by atoms with Gasteiger partial charge in [0.15, 0.2) is 0 Å². The van der Waals surface area contributed by atoms with Crippen LogP contribution in [0.3, 0.4) is 0 Å². The van der Waals surface area contributed by atoms with Crippen molar-refractivity contribution in [3.8, 4) is 11.3 Å². The smallest absolute Gasteiger partial charge is 0.124 e. The van der Waals surface area contributed by atoms with Gasteiger partial charge in [0.05, 0.1) is 5.69 Å². The van der Waals surface area contributed by atoms with E-state index in [0.717, 1.165) is 29.5 Å². The Morgan fingerprint density at radius 2 is 1.37 bits per heavy atom. The molecule has 1 heterocycles. The summed E-state index contributed by atoms with van der Waals surface area (Å²) in [4.78, 5) is 7.27. The van der Waals surface area contributed by atoms with Gasteiger partial charge in [0.25, 0.3) is 0 Å². The third kappa shape index (κ3) is 6.31. The van der Waals surface area contributed by atoms with Crippen LogP contribution in [0.15, 0.2) is 42.5 Å². The molecule has 0 unspecified atom stereocenters. The second-order valence-corrected chi connectivity index (χ2v) is 9.66. The zero-order valence-electron chi connectivity index (χ0n) is 18.6. The molecule has 2 aromatic rings. The predicted molar refractivity (Wildman–Crippen MR) is 127 cm³/mol. The number of anilines is 1. The third-order valence-corrected chi connectivity index (χ3v) is 7.22. The monoisotopic (exact) mass is 405 g/mol. The van der Waals surface area contributed by atoms with E-state index in [-0.39, 0.29) is 0 Å². The van der Waals surface area contributed by atoms with Crippen LogP contribution in [0.5, 0.6) is 0 Å². The van der Waals surface area contributed by atoms with Gasteiger partial charge in [-0.15, -0.1) is 0 Å². The molecule has 0 atom stereocenters. The molecule has 2 aliphatic rings. The maximum atomic E-state index is 5.84. The van der Waals surface area contributed by atoms with Gasteiger partial charge in [-0.3, -0.25) is 0 Å². The highest BCUT2D eigenvalue weighted by atomic mass is 15.1. The average Bonchev–Trinajstić information content (AvgIpc) is 2.79. The van der Waals surface area contributed by atoms with Crippen LogP contribution < -0.4 is 5.73 Å². The molecule has 1 aromatic carbocycles. The second kappa shape index (κ2) is 10.9. The largest absolute Gasteiger partial charge is 0.384 e. The Kier molecular flexibility index (Phi) is 7.80. The number of hydrogen-bond acceptors (Lipinski definition) is 3. The highest BCUT2D eigenvalue weighted by Crippen LogP contribution is 2.28. The minimum Gasteiger partial charge on any atom is -0.384 e. The Morgan fingerprint density at radius 1 is 0.767 bits per heavy atom. The lowest BCUT2D eigenvalue weighted by molar-refractivity contribution is 0.161. The zero-order chi connectivity index (χ0) is 20.6. The molecule has 1 aromatic heterocycles. The lowest BCUT2D eigenvalue weighted by Crippen LogP contribution is -2.36. The van der Waals surface area contributed by atoms with E-state index in [1.807, 2.05) is 18.2 Å². The van der Waals surface area contributed by atoms with Crippen LogP contribution in [0, 0.1) is 11.8 Å². The Morgan fingerprint density at radius 3 is 1.93 bits per heavy atom. The molecule has 30 heavy (non-hydrogen) atoms. The number of aromatic nitrogens is 1. The molecule has 3 heteroatoms. The number of rotatable bonds is 8. The zero-order valence-corrected chi connectivity index (χ0v) is 18.6. The van der Waals surface area contributed by atoms with Crippen LogP contribution in [0.2, 0.25) is 0 Å². The van der Waals surface area contributed by atoms with Gasteiger partial charge >= 0.3 is 0 Å². The van der Waals surface area contributed by atoms with Crippen LogP contribution in [-0.2, 0) is 6.42 Å². The summed E-state index contributed by atoms with van der Waals surface area (Å²) in [6, 6.07) is 14.8. The number of benzene rings is 1. The molecule has 2 saturated carbocycles. The summed E-state index contributed by atoms with van der Waals surface area (Å²) in [5.74, 6) is 2.44. The number of nitrogen functional groups attached to an aromatic ring is 1. The number of hydrogen-bond donors (Lipinski definition) is 1. The second-order valence-electron chi connectivity index (χ2n) is 9.66. The summed E-state index contributed by atoms with van der Waals surface area (Å²) in [6.45, 7) is 3.84. The van der Waals surface area contributed by atoms with Gasteiger partial charge in [0.1, 0.15) is 5.82 Å². The van der Waals surface area contributed by atoms with Crippen molar-refractivity contribution in [3.05, 3.63) is 48.0 Å². The molecular weight excluding hydrogens is 366 g/mol. The van der Waals surface area contributed by atoms with E-state index in [1.165, 1.54) is 89.4 Å². The quantitative estimate of drug-likeness (QED) is 0.557. The first-order valence-electron chi connectivity index (χ1n) is 12.3. The summed E-state index contributed by atoms with van der Waals surface area (Å²) >= 11 is 0. The number of nitrogens with zero attached hydrogens (tertiary/aromatic N) is 2. The molecule has 0 spiro atoms. The highest BCUT2D eigenvalue weighted by molar-refractivity contribution is 5.61. The van der Waals surface area contributed by atoms with E-state index >= 15 is 0 Å². The average molecular weight is 406 g/mol. The van der Waals surface area contributed by atoms with Crippen molar-refractivity contribution in [1.29, 1.82) is 0 Å². The van der Waals surface area contributed by atoms with E-state index < -0.39 is 0 Å². The van der Waals surface area contributed by atoms with Gasteiger partial charge in [-0.2, -0.15) is 0 Å². The Hall–Kier alpha value is -1.87. The molecule has 0 amide bonds. The third-order valence-electron chi connectivity index (χ3n) is 7.22. The SMILES string of the molecule is Nc1cccc(-c2ccc(CCN(CC3CCCCC3)CC3CCCCC3)cc2)n1. The summed E-state index contributed by atoms with van der Waals surface area (Å²) in [6.07, 6.45) is 15.6. The first kappa shape index (κ1) is 21.4. The molecule has 0 saturated heterocycles. The normalized spacial score (nSPS) is 18.7. The molecule has 0 radical (unpaired) electrons. The van der Waals surface area contributed by atoms with Crippen LogP contribution in [-0.4, -0.2) is 29.5 Å². The van der Waals surface area contributed by atoms with Crippen molar-refractivity contribution in [2.75, 3.05) is 25.4 Å². The molecule has 2 aliphatic carbocycles. The fourth-order valence-corrected chi connectivity index (χ4v) is 5.47. The minimum atomic E-state index is 0.581. The van der Waals surface area contributed by atoms with Crippen molar-refractivity contribution in [3.63, 3.8) is 0 Å². The van der Waals surface area contributed by atoms with Crippen molar-refractivity contribution >= 4 is 5.82 Å². The topological polar surface area (TPSA) is 42.1 Å². The van der Waals surface area contributed by atoms with E-state index in [2.05, 4.69) is 34.1 Å². The summed E-state index contributed by atoms with van der Waals surface area (Å²) in [5.41, 5.74) is 9.38. The van der Waals surface area contributed by atoms with E-state index in [9.17, 15) is 0 Å². The lowest BCUT2D eigenvalue weighted by atomic mass is 9.86. The molecule has 4 rings (SSSR count). The van der Waals surface area contributed by atoms with Gasteiger partial charge in [-0.05, 0) is 61.6 Å². The summed E-state index contributed by atoms with van der Waals surface area (Å²) in [5, 5.41) is 0. The van der Waals surface area contributed by atoms with Gasteiger partial charge < -0.3 is 10.6 Å². The van der Waals surface area contributed by atoms with Crippen LogP contribution in [0.25, 0.3) is 11.3 Å². The summed E-state index contributed by atoms with van der Waals surface area (Å²) in [7, 11) is 0. The molecular formula is C27H39N3. The lowest BCUT2D eigenvalue weighted by Gasteiger charge is -2.33. The molecule has 0 bridgehead atoms. The van der Waals surface area contributed by atoms with E-state index in [0.29, 0.717) is 5.82 Å². The first-order chi connectivity index (χ1) is 14.8. The number of nitrogens with two attached hydrogens (primary N) is 1. The maximum Gasteiger partial charge on any atom is 0.124 e. The standard InChI is InChI=1S/C27H39N3/c28-27-13-7-12-26(29-27)25-16-14-22(15-17-25)18-19-30(20-23-8-3-1-4-9-23)21-24-10-5-2-6-11-24/h7,12-17,23-24H,1-6,8-11,18-21H2,(H2,28,29). The molecule has 0 aliphatic heterocycles. The Balaban J connectivity index is 1.35.